The van der Waals surface area contributed by atoms with Crippen molar-refractivity contribution in [2.75, 3.05) is 13.6 Å². The number of likely N-dealkylation sites (N-methyl/N-ethyl adjacent to an activating group) is 1. The van der Waals surface area contributed by atoms with Gasteiger partial charge in [0.05, 0.1) is 5.69 Å². The number of hydrogen-bond donors (Lipinski definition) is 0. The smallest absolute Gasteiger partial charge is 0.416 e. The topological polar surface area (TPSA) is 72.9 Å². The van der Waals surface area contributed by atoms with Gasteiger partial charge in [0.15, 0.2) is 5.82 Å². The van der Waals surface area contributed by atoms with Crippen molar-refractivity contribution in [3.8, 4) is 17.1 Å². The number of amides is 1. The first-order valence-corrected chi connectivity index (χ1v) is 9.73. The Morgan fingerprint density at radius 2 is 1.81 bits per heavy atom. The first kappa shape index (κ1) is 21.4. The number of halogens is 3. The third-order valence-corrected chi connectivity index (χ3v) is 4.88. The van der Waals surface area contributed by atoms with Crippen LogP contribution < -0.4 is 4.74 Å². The Labute approximate surface area is 181 Å². The molecule has 0 spiro atoms. The van der Waals surface area contributed by atoms with Crippen LogP contribution in [0.25, 0.3) is 17.2 Å². The summed E-state index contributed by atoms with van der Waals surface area (Å²) >= 11 is 0. The molecule has 0 radical (unpaired) electrons. The van der Waals surface area contributed by atoms with E-state index < -0.39 is 6.36 Å². The maximum absolute atomic E-state index is 12.8. The van der Waals surface area contributed by atoms with E-state index in [4.69, 9.17) is 4.42 Å². The fourth-order valence-electron chi connectivity index (χ4n) is 3.19. The average Bonchev–Trinajstić information content (AvgIpc) is 3.31. The lowest BCUT2D eigenvalue weighted by atomic mass is 10.1. The summed E-state index contributed by atoms with van der Waals surface area (Å²) in [4.78, 5) is 18.6. The Balaban J connectivity index is 1.49. The second-order valence-electron chi connectivity index (χ2n) is 7.18. The highest BCUT2D eigenvalue weighted by molar-refractivity contribution is 5.92. The van der Waals surface area contributed by atoms with Crippen LogP contribution in [0.15, 0.2) is 59.0 Å². The van der Waals surface area contributed by atoms with E-state index in [1.807, 2.05) is 30.3 Å². The summed E-state index contributed by atoms with van der Waals surface area (Å²) in [5, 5.41) is 4.32. The Morgan fingerprint density at radius 1 is 1.12 bits per heavy atom. The van der Waals surface area contributed by atoms with Gasteiger partial charge in [-0.15, -0.1) is 18.3 Å². The molecule has 10 heteroatoms. The number of carbonyl (C=O) groups is 1. The van der Waals surface area contributed by atoms with Crippen LogP contribution in [0.5, 0.6) is 5.75 Å². The number of carbonyl (C=O) groups excluding carboxylic acids is 1. The molecule has 7 nitrogen and oxygen atoms in total. The lowest BCUT2D eigenvalue weighted by Crippen LogP contribution is -2.29. The first-order chi connectivity index (χ1) is 15.2. The van der Waals surface area contributed by atoms with Gasteiger partial charge >= 0.3 is 12.2 Å². The Bertz CT molecular complexity index is 1230. The number of hydrogen-bond acceptors (Lipinski definition) is 5. The van der Waals surface area contributed by atoms with E-state index in [1.54, 1.807) is 18.9 Å². The van der Waals surface area contributed by atoms with Gasteiger partial charge in [-0.3, -0.25) is 4.79 Å². The molecule has 0 bridgehead atoms. The van der Waals surface area contributed by atoms with Gasteiger partial charge < -0.3 is 14.1 Å². The third kappa shape index (κ3) is 4.58. The molecule has 0 unspecified atom stereocenters. The van der Waals surface area contributed by atoms with Crippen LogP contribution in [0.3, 0.4) is 0 Å². The molecule has 1 amide bonds. The van der Waals surface area contributed by atoms with E-state index in [-0.39, 0.29) is 29.1 Å². The Hall–Kier alpha value is -3.82. The standard InChI is InChI=1S/C22H19F3N4O3/c1-14-18(20(30)28(2)13-12-15-6-4-3-5-7-15)31-21-26-19(27-29(14)21)16-8-10-17(11-9-16)32-22(23,24)25/h3-11H,12-13H2,1-2H3. The number of ether oxygens (including phenoxy) is 1. The minimum absolute atomic E-state index is 0.118. The highest BCUT2D eigenvalue weighted by Crippen LogP contribution is 2.26. The second kappa shape index (κ2) is 8.37. The van der Waals surface area contributed by atoms with Gasteiger partial charge in [0.25, 0.3) is 5.91 Å². The van der Waals surface area contributed by atoms with Crippen LogP contribution in [0.4, 0.5) is 13.2 Å². The summed E-state index contributed by atoms with van der Waals surface area (Å²) in [6.45, 7) is 2.20. The fourth-order valence-corrected chi connectivity index (χ4v) is 3.19. The number of alkyl halides is 3. The molecule has 4 rings (SSSR count). The molecule has 2 heterocycles. The molecule has 166 valence electrons. The third-order valence-electron chi connectivity index (χ3n) is 4.88. The maximum Gasteiger partial charge on any atom is 0.573 e. The SMILES string of the molecule is Cc1c(C(=O)N(C)CCc2ccccc2)oc2nc(-c3ccc(OC(F)(F)F)cc3)nn12. The van der Waals surface area contributed by atoms with Crippen LogP contribution in [0, 0.1) is 6.92 Å². The number of benzene rings is 2. The van der Waals surface area contributed by atoms with Crippen LogP contribution in [-0.4, -0.2) is 45.4 Å². The van der Waals surface area contributed by atoms with Crippen LogP contribution in [-0.2, 0) is 6.42 Å². The minimum atomic E-state index is -4.76. The molecule has 0 fully saturated rings. The predicted molar refractivity (Wildman–Crippen MR) is 109 cm³/mol. The molecule has 0 saturated carbocycles. The van der Waals surface area contributed by atoms with Gasteiger partial charge in [-0.25, -0.2) is 0 Å². The average molecular weight is 444 g/mol. The van der Waals surface area contributed by atoms with Crippen molar-refractivity contribution in [2.24, 2.45) is 0 Å². The number of fused-ring (bicyclic) bond motifs is 1. The molecular weight excluding hydrogens is 425 g/mol. The maximum atomic E-state index is 12.8. The van der Waals surface area contributed by atoms with Gasteiger partial charge in [0, 0.05) is 19.2 Å². The Kier molecular flexibility index (Phi) is 5.60. The van der Waals surface area contributed by atoms with Crippen molar-refractivity contribution >= 4 is 11.8 Å². The predicted octanol–water partition coefficient (Wildman–Crippen LogP) is 4.51. The Morgan fingerprint density at radius 3 is 2.44 bits per heavy atom. The van der Waals surface area contributed by atoms with E-state index >= 15 is 0 Å². The quantitative estimate of drug-likeness (QED) is 0.438. The van der Waals surface area contributed by atoms with E-state index in [9.17, 15) is 18.0 Å². The van der Waals surface area contributed by atoms with Crippen molar-refractivity contribution in [3.63, 3.8) is 0 Å². The van der Waals surface area contributed by atoms with Crippen LogP contribution in [0.2, 0.25) is 0 Å². The summed E-state index contributed by atoms with van der Waals surface area (Å²) < 4.78 is 47.8. The second-order valence-corrected chi connectivity index (χ2v) is 7.18. The summed E-state index contributed by atoms with van der Waals surface area (Å²) in [5.41, 5.74) is 2.08. The summed E-state index contributed by atoms with van der Waals surface area (Å²) in [5.74, 6) is -0.126. The zero-order valence-corrected chi connectivity index (χ0v) is 17.3. The molecule has 0 aliphatic carbocycles. The lowest BCUT2D eigenvalue weighted by molar-refractivity contribution is -0.274. The molecule has 0 aliphatic rings. The number of aryl methyl sites for hydroxylation is 1. The number of nitrogens with zero attached hydrogens (tertiary/aromatic N) is 4. The number of rotatable bonds is 6. The minimum Gasteiger partial charge on any atom is -0.416 e. The summed E-state index contributed by atoms with van der Waals surface area (Å²) in [7, 11) is 1.69. The lowest BCUT2D eigenvalue weighted by Gasteiger charge is -2.15. The fraction of sp³-hybridized carbons (Fsp3) is 0.227. The number of oxazole rings is 1. The van der Waals surface area contributed by atoms with Gasteiger partial charge in [0.1, 0.15) is 5.75 Å². The molecule has 0 atom stereocenters. The molecule has 4 aromatic rings. The van der Waals surface area contributed by atoms with Gasteiger partial charge in [-0.05, 0) is 43.2 Å². The van der Waals surface area contributed by atoms with Crippen molar-refractivity contribution < 1.29 is 27.1 Å². The zero-order valence-electron chi connectivity index (χ0n) is 17.3. The van der Waals surface area contributed by atoms with E-state index in [0.717, 1.165) is 5.56 Å². The first-order valence-electron chi connectivity index (χ1n) is 9.73. The van der Waals surface area contributed by atoms with Crippen molar-refractivity contribution in [1.82, 2.24) is 19.5 Å². The molecular formula is C22H19F3N4O3. The van der Waals surface area contributed by atoms with Gasteiger partial charge in [-0.2, -0.15) is 9.50 Å². The van der Waals surface area contributed by atoms with E-state index in [0.29, 0.717) is 24.2 Å². The highest BCUT2D eigenvalue weighted by Gasteiger charge is 2.31. The monoisotopic (exact) mass is 444 g/mol. The summed E-state index contributed by atoms with van der Waals surface area (Å²) in [6, 6.07) is 15.0. The molecule has 0 aliphatic heterocycles. The molecule has 32 heavy (non-hydrogen) atoms. The van der Waals surface area contributed by atoms with E-state index in [1.165, 1.54) is 28.8 Å². The number of aromatic nitrogens is 3. The molecule has 2 aromatic heterocycles. The van der Waals surface area contributed by atoms with Gasteiger partial charge in [-0.1, -0.05) is 30.3 Å². The molecule has 2 aromatic carbocycles. The zero-order chi connectivity index (χ0) is 22.9. The molecule has 0 saturated heterocycles. The van der Waals surface area contributed by atoms with Crippen molar-refractivity contribution in [1.29, 1.82) is 0 Å². The van der Waals surface area contributed by atoms with Gasteiger partial charge in [0.2, 0.25) is 5.76 Å². The normalized spacial score (nSPS) is 11.7. The van der Waals surface area contributed by atoms with Crippen molar-refractivity contribution in [2.45, 2.75) is 19.7 Å². The molecule has 0 N–H and O–H groups in total. The van der Waals surface area contributed by atoms with Crippen molar-refractivity contribution in [3.05, 3.63) is 71.6 Å². The summed E-state index contributed by atoms with van der Waals surface area (Å²) in [6.07, 6.45) is -4.06. The van der Waals surface area contributed by atoms with Crippen LogP contribution in [0.1, 0.15) is 21.8 Å². The van der Waals surface area contributed by atoms with E-state index in [2.05, 4.69) is 14.8 Å². The largest absolute Gasteiger partial charge is 0.573 e. The highest BCUT2D eigenvalue weighted by atomic mass is 19.4. The van der Waals surface area contributed by atoms with Crippen LogP contribution >= 0.6 is 0 Å².